The lowest BCUT2D eigenvalue weighted by Crippen LogP contribution is -2.39. The molecule has 1 aromatic carbocycles. The van der Waals surface area contributed by atoms with E-state index in [2.05, 4.69) is 36.1 Å². The first-order valence-corrected chi connectivity index (χ1v) is 7.28. The number of benzene rings is 1. The van der Waals surface area contributed by atoms with E-state index in [0.717, 1.165) is 51.3 Å². The summed E-state index contributed by atoms with van der Waals surface area (Å²) >= 11 is 0. The Bertz CT molecular complexity index is 356. The molecule has 1 aromatic rings. The number of piperidine rings is 1. The molecule has 0 amide bonds. The minimum Gasteiger partial charge on any atom is -0.490 e. The van der Waals surface area contributed by atoms with Gasteiger partial charge in [0.15, 0.2) is 0 Å². The third-order valence-electron chi connectivity index (χ3n) is 3.78. The van der Waals surface area contributed by atoms with Crippen molar-refractivity contribution in [2.45, 2.75) is 32.3 Å². The quantitative estimate of drug-likeness (QED) is 0.787. The van der Waals surface area contributed by atoms with Gasteiger partial charge in [-0.15, -0.1) is 0 Å². The molecule has 0 aromatic heterocycles. The van der Waals surface area contributed by atoms with Gasteiger partial charge < -0.3 is 14.4 Å². The first kappa shape index (κ1) is 14.4. The third-order valence-corrected chi connectivity index (χ3v) is 3.78. The van der Waals surface area contributed by atoms with Gasteiger partial charge in [0.1, 0.15) is 11.9 Å². The molecule has 0 aliphatic carbocycles. The van der Waals surface area contributed by atoms with Crippen LogP contribution in [0.1, 0.15) is 25.3 Å². The molecule has 2 rings (SSSR count). The van der Waals surface area contributed by atoms with Gasteiger partial charge in [0.2, 0.25) is 0 Å². The van der Waals surface area contributed by atoms with E-state index in [0.29, 0.717) is 6.10 Å². The Morgan fingerprint density at radius 1 is 1.16 bits per heavy atom. The highest BCUT2D eigenvalue weighted by molar-refractivity contribution is 5.27. The van der Waals surface area contributed by atoms with Gasteiger partial charge in [0, 0.05) is 26.7 Å². The maximum atomic E-state index is 6.05. The summed E-state index contributed by atoms with van der Waals surface area (Å²) in [6.07, 6.45) is 3.67. The molecule has 19 heavy (non-hydrogen) atoms. The molecule has 106 valence electrons. The van der Waals surface area contributed by atoms with E-state index in [-0.39, 0.29) is 0 Å². The van der Waals surface area contributed by atoms with Crippen LogP contribution in [0.15, 0.2) is 24.3 Å². The van der Waals surface area contributed by atoms with E-state index in [4.69, 9.17) is 9.47 Å². The van der Waals surface area contributed by atoms with Crippen LogP contribution in [0.3, 0.4) is 0 Å². The second-order valence-electron chi connectivity index (χ2n) is 5.15. The van der Waals surface area contributed by atoms with Gasteiger partial charge in [-0.05, 0) is 37.0 Å². The molecule has 0 spiro atoms. The molecule has 0 radical (unpaired) electrons. The average molecular weight is 263 g/mol. The third kappa shape index (κ3) is 4.51. The summed E-state index contributed by atoms with van der Waals surface area (Å²) in [5.74, 6) is 1.01. The molecule has 1 heterocycles. The first-order chi connectivity index (χ1) is 9.31. The van der Waals surface area contributed by atoms with Crippen LogP contribution < -0.4 is 4.74 Å². The van der Waals surface area contributed by atoms with Crippen molar-refractivity contribution in [3.63, 3.8) is 0 Å². The summed E-state index contributed by atoms with van der Waals surface area (Å²) < 4.78 is 11.2. The summed E-state index contributed by atoms with van der Waals surface area (Å²) in [5, 5.41) is 0. The Morgan fingerprint density at radius 3 is 2.42 bits per heavy atom. The van der Waals surface area contributed by atoms with Gasteiger partial charge in [-0.25, -0.2) is 0 Å². The molecule has 0 N–H and O–H groups in total. The zero-order valence-electron chi connectivity index (χ0n) is 12.1. The Labute approximate surface area is 116 Å². The fraction of sp³-hybridized carbons (Fsp3) is 0.625. The van der Waals surface area contributed by atoms with Crippen LogP contribution in [-0.4, -0.2) is 44.4 Å². The summed E-state index contributed by atoms with van der Waals surface area (Å²) in [6.45, 7) is 6.26. The topological polar surface area (TPSA) is 21.7 Å². The van der Waals surface area contributed by atoms with Crippen LogP contribution in [-0.2, 0) is 11.2 Å². The van der Waals surface area contributed by atoms with Gasteiger partial charge >= 0.3 is 0 Å². The number of hydrogen-bond donors (Lipinski definition) is 0. The van der Waals surface area contributed by atoms with Crippen LogP contribution >= 0.6 is 0 Å². The molecule has 1 fully saturated rings. The fourth-order valence-corrected chi connectivity index (χ4v) is 2.47. The summed E-state index contributed by atoms with van der Waals surface area (Å²) in [5.41, 5.74) is 1.36. The van der Waals surface area contributed by atoms with E-state index in [1.54, 1.807) is 7.11 Å². The first-order valence-electron chi connectivity index (χ1n) is 7.28. The molecule has 3 nitrogen and oxygen atoms in total. The fourth-order valence-electron chi connectivity index (χ4n) is 2.47. The van der Waals surface area contributed by atoms with Crippen molar-refractivity contribution in [2.75, 3.05) is 33.4 Å². The highest BCUT2D eigenvalue weighted by atomic mass is 16.5. The van der Waals surface area contributed by atoms with E-state index in [1.165, 1.54) is 5.56 Å². The number of aryl methyl sites for hydroxylation is 1. The summed E-state index contributed by atoms with van der Waals surface area (Å²) in [4.78, 5) is 2.45. The zero-order valence-corrected chi connectivity index (χ0v) is 12.1. The number of nitrogens with zero attached hydrogens (tertiary/aromatic N) is 1. The van der Waals surface area contributed by atoms with E-state index in [1.807, 2.05) is 0 Å². The number of likely N-dealkylation sites (tertiary alicyclic amines) is 1. The van der Waals surface area contributed by atoms with E-state index in [9.17, 15) is 0 Å². The lowest BCUT2D eigenvalue weighted by molar-refractivity contribution is 0.0797. The van der Waals surface area contributed by atoms with E-state index >= 15 is 0 Å². The molecular weight excluding hydrogens is 238 g/mol. The smallest absolute Gasteiger partial charge is 0.119 e. The molecule has 0 unspecified atom stereocenters. The second-order valence-corrected chi connectivity index (χ2v) is 5.15. The van der Waals surface area contributed by atoms with Crippen LogP contribution in [0, 0.1) is 0 Å². The maximum Gasteiger partial charge on any atom is 0.119 e. The van der Waals surface area contributed by atoms with Gasteiger partial charge in [0.25, 0.3) is 0 Å². The van der Waals surface area contributed by atoms with Gasteiger partial charge in [-0.3, -0.25) is 0 Å². The Kier molecular flexibility index (Phi) is 5.67. The molecule has 3 heteroatoms. The number of methoxy groups -OCH3 is 1. The highest BCUT2D eigenvalue weighted by Crippen LogP contribution is 2.19. The van der Waals surface area contributed by atoms with Crippen molar-refractivity contribution in [1.82, 2.24) is 4.90 Å². The van der Waals surface area contributed by atoms with Crippen molar-refractivity contribution in [1.29, 1.82) is 0 Å². The Morgan fingerprint density at radius 2 is 1.84 bits per heavy atom. The summed E-state index contributed by atoms with van der Waals surface area (Å²) in [6, 6.07) is 8.50. The molecule has 0 bridgehead atoms. The van der Waals surface area contributed by atoms with Gasteiger partial charge in [-0.1, -0.05) is 19.1 Å². The summed E-state index contributed by atoms with van der Waals surface area (Å²) in [7, 11) is 1.76. The molecule has 0 atom stereocenters. The predicted molar refractivity (Wildman–Crippen MR) is 77.8 cm³/mol. The van der Waals surface area contributed by atoms with E-state index < -0.39 is 0 Å². The molecule has 0 saturated carbocycles. The van der Waals surface area contributed by atoms with Crippen LogP contribution in [0.2, 0.25) is 0 Å². The standard InChI is InChI=1S/C16H25NO2/c1-3-14-4-6-15(7-5-14)19-16-8-10-17(11-9-16)12-13-18-2/h4-7,16H,3,8-13H2,1-2H3. The van der Waals surface area contributed by atoms with Crippen LogP contribution in [0.5, 0.6) is 5.75 Å². The lowest BCUT2D eigenvalue weighted by Gasteiger charge is -2.31. The van der Waals surface area contributed by atoms with Crippen molar-refractivity contribution < 1.29 is 9.47 Å². The molecule has 1 saturated heterocycles. The normalized spacial score (nSPS) is 17.6. The number of ether oxygens (including phenoxy) is 2. The van der Waals surface area contributed by atoms with Crippen LogP contribution in [0.4, 0.5) is 0 Å². The number of rotatable bonds is 6. The largest absolute Gasteiger partial charge is 0.490 e. The van der Waals surface area contributed by atoms with Crippen LogP contribution in [0.25, 0.3) is 0 Å². The molecular formula is C16H25NO2. The second kappa shape index (κ2) is 7.51. The minimum atomic E-state index is 0.367. The van der Waals surface area contributed by atoms with Crippen molar-refractivity contribution in [3.8, 4) is 5.75 Å². The lowest BCUT2D eigenvalue weighted by atomic mass is 10.1. The van der Waals surface area contributed by atoms with Crippen molar-refractivity contribution in [2.24, 2.45) is 0 Å². The monoisotopic (exact) mass is 263 g/mol. The van der Waals surface area contributed by atoms with Crippen molar-refractivity contribution >= 4 is 0 Å². The van der Waals surface area contributed by atoms with Gasteiger partial charge in [-0.2, -0.15) is 0 Å². The molecule has 1 aliphatic rings. The highest BCUT2D eigenvalue weighted by Gasteiger charge is 2.19. The maximum absolute atomic E-state index is 6.05. The van der Waals surface area contributed by atoms with Gasteiger partial charge in [0.05, 0.1) is 6.61 Å². The Balaban J connectivity index is 1.75. The predicted octanol–water partition coefficient (Wildman–Crippen LogP) is 2.74. The minimum absolute atomic E-state index is 0.367. The molecule has 1 aliphatic heterocycles. The van der Waals surface area contributed by atoms with Crippen molar-refractivity contribution in [3.05, 3.63) is 29.8 Å². The average Bonchev–Trinajstić information content (AvgIpc) is 2.47. The Hall–Kier alpha value is -1.06. The number of hydrogen-bond acceptors (Lipinski definition) is 3. The zero-order chi connectivity index (χ0) is 13.5. The SMILES string of the molecule is CCc1ccc(OC2CCN(CCOC)CC2)cc1.